The molecule has 0 aliphatic rings. The number of aromatic nitrogens is 4. The van der Waals surface area contributed by atoms with Crippen molar-refractivity contribution in [2.75, 3.05) is 0 Å². The Labute approximate surface area is 136 Å². The molecule has 1 aromatic carbocycles. The number of hydrogen-bond donors (Lipinski definition) is 2. The van der Waals surface area contributed by atoms with Crippen LogP contribution >= 0.6 is 0 Å². The van der Waals surface area contributed by atoms with Gasteiger partial charge in [-0.25, -0.2) is 14.5 Å². The Hall–Kier alpha value is -3.55. The van der Waals surface area contributed by atoms with Gasteiger partial charge in [0.1, 0.15) is 5.69 Å². The van der Waals surface area contributed by atoms with Gasteiger partial charge < -0.3 is 10.4 Å². The molecule has 24 heavy (non-hydrogen) atoms. The Kier molecular flexibility index (Phi) is 4.28. The number of carbonyl (C=O) groups excluding carboxylic acids is 1. The Bertz CT molecular complexity index is 876. The first-order valence-electron chi connectivity index (χ1n) is 7.05. The van der Waals surface area contributed by atoms with Gasteiger partial charge in [0, 0.05) is 30.7 Å². The van der Waals surface area contributed by atoms with Gasteiger partial charge in [-0.1, -0.05) is 12.1 Å². The number of carboxylic acid groups (broad SMARTS) is 1. The van der Waals surface area contributed by atoms with E-state index in [1.807, 2.05) is 0 Å². The maximum absolute atomic E-state index is 11.9. The van der Waals surface area contributed by atoms with Crippen LogP contribution in [-0.4, -0.2) is 36.7 Å². The highest BCUT2D eigenvalue weighted by atomic mass is 16.4. The maximum atomic E-state index is 11.9. The molecule has 1 amide bonds. The largest absolute Gasteiger partial charge is 0.478 e. The number of carbonyl (C=O) groups is 2. The lowest BCUT2D eigenvalue weighted by Gasteiger charge is -2.05. The third kappa shape index (κ3) is 3.27. The molecule has 0 spiro atoms. The smallest absolute Gasteiger partial charge is 0.337 e. The van der Waals surface area contributed by atoms with Crippen LogP contribution in [-0.2, 0) is 6.54 Å². The van der Waals surface area contributed by atoms with E-state index in [1.54, 1.807) is 30.6 Å². The summed E-state index contributed by atoms with van der Waals surface area (Å²) >= 11 is 0. The van der Waals surface area contributed by atoms with Crippen LogP contribution in [0.1, 0.15) is 26.4 Å². The second-order valence-electron chi connectivity index (χ2n) is 4.89. The topological polar surface area (TPSA) is 110 Å². The predicted molar refractivity (Wildman–Crippen MR) is 83.7 cm³/mol. The average molecular weight is 323 g/mol. The summed E-state index contributed by atoms with van der Waals surface area (Å²) < 4.78 is 1.47. The molecule has 3 aromatic rings. The van der Waals surface area contributed by atoms with Gasteiger partial charge in [-0.2, -0.15) is 5.10 Å². The van der Waals surface area contributed by atoms with Crippen molar-refractivity contribution in [2.45, 2.75) is 6.54 Å². The molecule has 2 aromatic heterocycles. The lowest BCUT2D eigenvalue weighted by molar-refractivity contribution is 0.0696. The second kappa shape index (κ2) is 6.69. The molecule has 0 fully saturated rings. The van der Waals surface area contributed by atoms with Gasteiger partial charge >= 0.3 is 5.97 Å². The summed E-state index contributed by atoms with van der Waals surface area (Å²) in [6, 6.07) is 6.56. The molecular formula is C16H13N5O3. The summed E-state index contributed by atoms with van der Waals surface area (Å²) in [6.07, 6.45) is 7.53. The van der Waals surface area contributed by atoms with Crippen LogP contribution in [0, 0.1) is 0 Å². The van der Waals surface area contributed by atoms with E-state index < -0.39 is 5.97 Å². The Morgan fingerprint density at radius 3 is 2.75 bits per heavy atom. The van der Waals surface area contributed by atoms with Crippen molar-refractivity contribution in [3.63, 3.8) is 0 Å². The number of benzene rings is 1. The number of nitrogens with one attached hydrogen (secondary N) is 1. The highest BCUT2D eigenvalue weighted by molar-refractivity contribution is 5.92. The third-order valence-corrected chi connectivity index (χ3v) is 3.27. The lowest BCUT2D eigenvalue weighted by Crippen LogP contribution is -2.23. The van der Waals surface area contributed by atoms with Gasteiger partial charge in [-0.05, 0) is 12.1 Å². The number of amides is 1. The molecule has 0 saturated heterocycles. The number of carboxylic acids is 1. The van der Waals surface area contributed by atoms with E-state index in [9.17, 15) is 14.7 Å². The summed E-state index contributed by atoms with van der Waals surface area (Å²) in [5.41, 5.74) is 1.56. The van der Waals surface area contributed by atoms with Crippen molar-refractivity contribution < 1.29 is 14.7 Å². The first kappa shape index (κ1) is 15.3. The van der Waals surface area contributed by atoms with Gasteiger partial charge in [-0.3, -0.25) is 9.78 Å². The second-order valence-corrected chi connectivity index (χ2v) is 4.89. The van der Waals surface area contributed by atoms with Crippen LogP contribution in [0.4, 0.5) is 0 Å². The minimum absolute atomic E-state index is 0.149. The summed E-state index contributed by atoms with van der Waals surface area (Å²) in [7, 11) is 0. The normalized spacial score (nSPS) is 10.3. The van der Waals surface area contributed by atoms with Gasteiger partial charge in [0.15, 0.2) is 0 Å². The van der Waals surface area contributed by atoms with Crippen LogP contribution in [0.25, 0.3) is 5.69 Å². The van der Waals surface area contributed by atoms with Gasteiger partial charge in [0.05, 0.1) is 23.6 Å². The molecule has 0 aliphatic heterocycles. The minimum Gasteiger partial charge on any atom is -0.478 e. The summed E-state index contributed by atoms with van der Waals surface area (Å²) in [4.78, 5) is 30.9. The van der Waals surface area contributed by atoms with E-state index in [0.717, 1.165) is 5.56 Å². The van der Waals surface area contributed by atoms with E-state index in [0.29, 0.717) is 5.69 Å². The Morgan fingerprint density at radius 1 is 1.17 bits per heavy atom. The lowest BCUT2D eigenvalue weighted by atomic mass is 10.2. The van der Waals surface area contributed by atoms with Crippen molar-refractivity contribution in [1.29, 1.82) is 0 Å². The molecule has 0 aliphatic carbocycles. The molecule has 0 radical (unpaired) electrons. The molecule has 3 rings (SSSR count). The number of hydrogen-bond acceptors (Lipinski definition) is 5. The molecular weight excluding hydrogens is 310 g/mol. The third-order valence-electron chi connectivity index (χ3n) is 3.27. The minimum atomic E-state index is -1.03. The van der Waals surface area contributed by atoms with Gasteiger partial charge in [0.2, 0.25) is 0 Å². The molecule has 2 heterocycles. The number of nitrogens with zero attached hydrogens (tertiary/aromatic N) is 4. The van der Waals surface area contributed by atoms with Crippen molar-refractivity contribution in [3.8, 4) is 5.69 Å². The quantitative estimate of drug-likeness (QED) is 0.732. The zero-order valence-electron chi connectivity index (χ0n) is 12.5. The highest BCUT2D eigenvalue weighted by Crippen LogP contribution is 2.14. The van der Waals surface area contributed by atoms with Crippen molar-refractivity contribution >= 4 is 11.9 Å². The highest BCUT2D eigenvalue weighted by Gasteiger charge is 2.12. The zero-order valence-corrected chi connectivity index (χ0v) is 12.5. The first-order chi connectivity index (χ1) is 11.6. The summed E-state index contributed by atoms with van der Waals surface area (Å²) in [5.74, 6) is -1.37. The van der Waals surface area contributed by atoms with E-state index >= 15 is 0 Å². The van der Waals surface area contributed by atoms with Crippen LogP contribution < -0.4 is 5.32 Å². The first-order valence-corrected chi connectivity index (χ1v) is 7.05. The van der Waals surface area contributed by atoms with Crippen molar-refractivity contribution in [1.82, 2.24) is 25.1 Å². The Balaban J connectivity index is 1.73. The molecule has 8 nitrogen and oxygen atoms in total. The molecule has 0 bridgehead atoms. The molecule has 0 saturated carbocycles. The fourth-order valence-electron chi connectivity index (χ4n) is 2.13. The maximum Gasteiger partial charge on any atom is 0.337 e. The van der Waals surface area contributed by atoms with E-state index in [-0.39, 0.29) is 23.7 Å². The van der Waals surface area contributed by atoms with E-state index in [4.69, 9.17) is 0 Å². The SMILES string of the molecule is O=C(NCc1cnn(-c2ccccc2C(=O)O)c1)c1cnccn1. The molecule has 2 N–H and O–H groups in total. The number of aromatic carboxylic acids is 1. The molecule has 120 valence electrons. The fraction of sp³-hybridized carbons (Fsp3) is 0.0625. The van der Waals surface area contributed by atoms with Crippen LogP contribution in [0.5, 0.6) is 0 Å². The zero-order chi connectivity index (χ0) is 16.9. The van der Waals surface area contributed by atoms with Crippen molar-refractivity contribution in [3.05, 3.63) is 72.1 Å². The fourth-order valence-corrected chi connectivity index (χ4v) is 2.13. The number of para-hydroxylation sites is 1. The molecule has 8 heteroatoms. The monoisotopic (exact) mass is 323 g/mol. The van der Waals surface area contributed by atoms with Crippen LogP contribution in [0.15, 0.2) is 55.2 Å². The van der Waals surface area contributed by atoms with Gasteiger partial charge in [-0.15, -0.1) is 0 Å². The van der Waals surface area contributed by atoms with Crippen molar-refractivity contribution in [2.24, 2.45) is 0 Å². The summed E-state index contributed by atoms with van der Waals surface area (Å²) in [5, 5.41) is 16.1. The molecule has 0 unspecified atom stereocenters. The van der Waals surface area contributed by atoms with Crippen LogP contribution in [0.2, 0.25) is 0 Å². The van der Waals surface area contributed by atoms with E-state index in [2.05, 4.69) is 20.4 Å². The van der Waals surface area contributed by atoms with Crippen LogP contribution in [0.3, 0.4) is 0 Å². The molecule has 0 atom stereocenters. The average Bonchev–Trinajstić information content (AvgIpc) is 3.09. The standard InChI is InChI=1S/C16H13N5O3/c22-15(13-9-17-5-6-18-13)19-7-11-8-20-21(10-11)14-4-2-1-3-12(14)16(23)24/h1-6,8-10H,7H2,(H,19,22)(H,23,24). The predicted octanol–water partition coefficient (Wildman–Crippen LogP) is 1.29. The Morgan fingerprint density at radius 2 is 2.00 bits per heavy atom. The van der Waals surface area contributed by atoms with E-state index in [1.165, 1.54) is 29.3 Å². The summed E-state index contributed by atoms with van der Waals surface area (Å²) in [6.45, 7) is 0.241. The number of rotatable bonds is 5. The van der Waals surface area contributed by atoms with Gasteiger partial charge in [0.25, 0.3) is 5.91 Å².